The maximum Gasteiger partial charge on any atom is 0.0690 e. The van der Waals surface area contributed by atoms with Crippen molar-refractivity contribution in [2.45, 2.75) is 71.1 Å². The molecular formula is C20H27N. The number of hydrogen-bond acceptors (Lipinski definition) is 1. The third-order valence-corrected chi connectivity index (χ3v) is 6.30. The Labute approximate surface area is 129 Å². The molecule has 0 spiro atoms. The van der Waals surface area contributed by atoms with Crippen molar-refractivity contribution in [1.29, 1.82) is 5.26 Å². The van der Waals surface area contributed by atoms with E-state index in [1.54, 1.807) is 5.56 Å². The fourth-order valence-electron chi connectivity index (χ4n) is 5.00. The molecule has 0 N–H and O–H groups in total. The molecule has 0 radical (unpaired) electrons. The van der Waals surface area contributed by atoms with Crippen molar-refractivity contribution in [2.75, 3.05) is 0 Å². The predicted octanol–water partition coefficient (Wildman–Crippen LogP) is 5.34. The Bertz CT molecular complexity index is 594. The van der Waals surface area contributed by atoms with Gasteiger partial charge in [-0.25, -0.2) is 0 Å². The van der Waals surface area contributed by atoms with Crippen LogP contribution < -0.4 is 0 Å². The Morgan fingerprint density at radius 1 is 1.24 bits per heavy atom. The highest BCUT2D eigenvalue weighted by Crippen LogP contribution is 2.57. The lowest BCUT2D eigenvalue weighted by molar-refractivity contribution is 0.0688. The molecule has 21 heavy (non-hydrogen) atoms. The molecular weight excluding hydrogens is 254 g/mol. The van der Waals surface area contributed by atoms with Gasteiger partial charge in [0, 0.05) is 0 Å². The van der Waals surface area contributed by atoms with E-state index in [9.17, 15) is 5.26 Å². The minimum atomic E-state index is -0.137. The maximum atomic E-state index is 9.72. The number of hydrogen-bond donors (Lipinski definition) is 0. The molecule has 2 aliphatic rings. The monoisotopic (exact) mass is 281 g/mol. The van der Waals surface area contributed by atoms with E-state index in [1.165, 1.54) is 30.4 Å². The van der Waals surface area contributed by atoms with Crippen LogP contribution in [-0.2, 0) is 11.8 Å². The molecule has 1 aromatic carbocycles. The van der Waals surface area contributed by atoms with Gasteiger partial charge >= 0.3 is 0 Å². The second-order valence-electron chi connectivity index (χ2n) is 7.96. The van der Waals surface area contributed by atoms with Crippen LogP contribution in [0.15, 0.2) is 18.2 Å². The van der Waals surface area contributed by atoms with Gasteiger partial charge in [-0.1, -0.05) is 45.4 Å². The van der Waals surface area contributed by atoms with Crippen LogP contribution >= 0.6 is 0 Å². The van der Waals surface area contributed by atoms with Gasteiger partial charge in [0.05, 0.1) is 11.5 Å². The molecule has 1 aromatic rings. The van der Waals surface area contributed by atoms with Gasteiger partial charge < -0.3 is 0 Å². The first-order valence-electron chi connectivity index (χ1n) is 8.45. The minimum absolute atomic E-state index is 0.137. The Balaban J connectivity index is 2.08. The minimum Gasteiger partial charge on any atom is -0.198 e. The number of nitriles is 1. The van der Waals surface area contributed by atoms with E-state index >= 15 is 0 Å². The van der Waals surface area contributed by atoms with Crippen molar-refractivity contribution in [3.8, 4) is 6.07 Å². The van der Waals surface area contributed by atoms with Gasteiger partial charge in [-0.3, -0.25) is 0 Å². The first-order chi connectivity index (χ1) is 9.90. The zero-order chi connectivity index (χ0) is 15.3. The summed E-state index contributed by atoms with van der Waals surface area (Å²) in [6.45, 7) is 9.15. The number of fused-ring (bicyclic) bond motifs is 3. The molecule has 112 valence electrons. The zero-order valence-electron chi connectivity index (χ0n) is 13.9. The van der Waals surface area contributed by atoms with E-state index in [-0.39, 0.29) is 10.8 Å². The number of aryl methyl sites for hydroxylation is 1. The molecule has 2 aliphatic carbocycles. The molecule has 3 rings (SSSR count). The average Bonchev–Trinajstić information content (AvgIpc) is 2.46. The highest BCUT2D eigenvalue weighted by molar-refractivity contribution is 5.42. The fraction of sp³-hybridized carbons (Fsp3) is 0.650. The second-order valence-corrected chi connectivity index (χ2v) is 7.96. The molecule has 0 saturated heterocycles. The average molecular weight is 281 g/mol. The molecule has 0 amide bonds. The summed E-state index contributed by atoms with van der Waals surface area (Å²) >= 11 is 0. The summed E-state index contributed by atoms with van der Waals surface area (Å²) in [4.78, 5) is 0. The second kappa shape index (κ2) is 4.87. The number of benzene rings is 1. The van der Waals surface area contributed by atoms with Gasteiger partial charge in [0.1, 0.15) is 0 Å². The SMILES string of the molecule is CC(C)c1ccc2c(c1)CC[C@@H]1[C@](C)(C#N)CCC[C@]21C. The van der Waals surface area contributed by atoms with Gasteiger partial charge in [0.2, 0.25) is 0 Å². The summed E-state index contributed by atoms with van der Waals surface area (Å²) in [5.41, 5.74) is 4.59. The Morgan fingerprint density at radius 2 is 2.00 bits per heavy atom. The fourth-order valence-corrected chi connectivity index (χ4v) is 5.00. The van der Waals surface area contributed by atoms with E-state index < -0.39 is 0 Å². The van der Waals surface area contributed by atoms with Crippen molar-refractivity contribution in [3.05, 3.63) is 34.9 Å². The molecule has 1 nitrogen and oxygen atoms in total. The van der Waals surface area contributed by atoms with Crippen LogP contribution in [0.3, 0.4) is 0 Å². The summed E-state index contributed by atoms with van der Waals surface area (Å²) in [7, 11) is 0. The van der Waals surface area contributed by atoms with E-state index in [0.717, 1.165) is 12.8 Å². The standard InChI is InChI=1S/C20H27N/c1-14(2)15-6-8-17-16(12-15)7-9-18-19(3,13-21)10-5-11-20(17,18)4/h6,8,12,14,18H,5,7,9-11H2,1-4H3/t18-,19+,20-/m1/s1. The highest BCUT2D eigenvalue weighted by atomic mass is 14.6. The van der Waals surface area contributed by atoms with Gasteiger partial charge in [0.25, 0.3) is 0 Å². The van der Waals surface area contributed by atoms with E-state index in [2.05, 4.69) is 52.0 Å². The largest absolute Gasteiger partial charge is 0.198 e. The van der Waals surface area contributed by atoms with E-state index in [1.807, 2.05) is 0 Å². The third kappa shape index (κ3) is 2.11. The smallest absolute Gasteiger partial charge is 0.0690 e. The summed E-state index contributed by atoms with van der Waals surface area (Å²) in [5, 5.41) is 9.72. The van der Waals surface area contributed by atoms with Crippen molar-refractivity contribution < 1.29 is 0 Å². The van der Waals surface area contributed by atoms with Crippen LogP contribution in [0.4, 0.5) is 0 Å². The van der Waals surface area contributed by atoms with Crippen molar-refractivity contribution in [3.63, 3.8) is 0 Å². The van der Waals surface area contributed by atoms with Crippen molar-refractivity contribution in [1.82, 2.24) is 0 Å². The maximum absolute atomic E-state index is 9.72. The topological polar surface area (TPSA) is 23.8 Å². The lowest BCUT2D eigenvalue weighted by Gasteiger charge is -2.53. The Hall–Kier alpha value is -1.29. The highest BCUT2D eigenvalue weighted by Gasteiger charge is 2.51. The third-order valence-electron chi connectivity index (χ3n) is 6.30. The first-order valence-corrected chi connectivity index (χ1v) is 8.45. The van der Waals surface area contributed by atoms with Crippen LogP contribution in [0.2, 0.25) is 0 Å². The molecule has 1 saturated carbocycles. The lowest BCUT2D eigenvalue weighted by Crippen LogP contribution is -2.48. The first kappa shape index (κ1) is 14.6. The van der Waals surface area contributed by atoms with E-state index in [0.29, 0.717) is 11.8 Å². The lowest BCUT2D eigenvalue weighted by atomic mass is 9.50. The number of rotatable bonds is 1. The molecule has 1 fully saturated rings. The summed E-state index contributed by atoms with van der Waals surface area (Å²) in [6, 6.07) is 9.79. The predicted molar refractivity (Wildman–Crippen MR) is 87.3 cm³/mol. The van der Waals surface area contributed by atoms with Crippen LogP contribution in [-0.4, -0.2) is 0 Å². The van der Waals surface area contributed by atoms with Crippen LogP contribution in [0.25, 0.3) is 0 Å². The Morgan fingerprint density at radius 3 is 2.67 bits per heavy atom. The zero-order valence-corrected chi connectivity index (χ0v) is 13.9. The molecule has 0 unspecified atom stereocenters. The quantitative estimate of drug-likeness (QED) is 0.681. The number of nitrogens with zero attached hydrogens (tertiary/aromatic N) is 1. The van der Waals surface area contributed by atoms with Crippen LogP contribution in [0.5, 0.6) is 0 Å². The van der Waals surface area contributed by atoms with E-state index in [4.69, 9.17) is 0 Å². The van der Waals surface area contributed by atoms with Gasteiger partial charge in [-0.15, -0.1) is 0 Å². The molecule has 3 atom stereocenters. The van der Waals surface area contributed by atoms with Gasteiger partial charge in [-0.05, 0) is 66.5 Å². The van der Waals surface area contributed by atoms with Gasteiger partial charge in [-0.2, -0.15) is 5.26 Å². The van der Waals surface area contributed by atoms with Crippen molar-refractivity contribution >= 4 is 0 Å². The van der Waals surface area contributed by atoms with Gasteiger partial charge in [0.15, 0.2) is 0 Å². The van der Waals surface area contributed by atoms with Crippen LogP contribution in [0, 0.1) is 22.7 Å². The summed E-state index contributed by atoms with van der Waals surface area (Å²) in [6.07, 6.45) is 5.82. The molecule has 1 heteroatoms. The summed E-state index contributed by atoms with van der Waals surface area (Å²) < 4.78 is 0. The molecule has 0 aliphatic heterocycles. The molecule has 0 heterocycles. The summed E-state index contributed by atoms with van der Waals surface area (Å²) in [5.74, 6) is 1.11. The molecule has 0 bridgehead atoms. The Kier molecular flexibility index (Phi) is 3.40. The normalized spacial score (nSPS) is 35.0. The van der Waals surface area contributed by atoms with Crippen LogP contribution in [0.1, 0.15) is 76.0 Å². The van der Waals surface area contributed by atoms with Crippen molar-refractivity contribution in [2.24, 2.45) is 11.3 Å². The molecule has 0 aromatic heterocycles.